The Morgan fingerprint density at radius 3 is 1.06 bits per heavy atom. The third kappa shape index (κ3) is 4.75. The van der Waals surface area contributed by atoms with Gasteiger partial charge in [-0.2, -0.15) is 0 Å². The molecule has 5 rings (SSSR count). The van der Waals surface area contributed by atoms with E-state index in [1.807, 2.05) is 73.3 Å². The van der Waals surface area contributed by atoms with Gasteiger partial charge in [-0.15, -0.1) is 0 Å². The van der Waals surface area contributed by atoms with Crippen molar-refractivity contribution in [3.63, 3.8) is 0 Å². The quantitative estimate of drug-likeness (QED) is 0.258. The fourth-order valence-electron chi connectivity index (χ4n) is 5.43. The van der Waals surface area contributed by atoms with E-state index in [4.69, 9.17) is 9.47 Å². The Hall–Kier alpha value is -4.32. The SMILES string of the molecule is CC(=O)Oc1ccc([C@@H]2[C@@H](c3ccncc3)[C@@H](c3ccncc3)[C@@H]2c2ccc(OC(C)=O)cc2)cc1. The number of rotatable bonds is 6. The molecule has 2 heterocycles. The van der Waals surface area contributed by atoms with Crippen LogP contribution in [0.5, 0.6) is 11.5 Å². The molecule has 1 saturated carbocycles. The van der Waals surface area contributed by atoms with Crippen LogP contribution in [-0.2, 0) is 9.59 Å². The zero-order chi connectivity index (χ0) is 25.1. The van der Waals surface area contributed by atoms with Crippen molar-refractivity contribution in [1.82, 2.24) is 9.97 Å². The summed E-state index contributed by atoms with van der Waals surface area (Å²) in [7, 11) is 0. The second-order valence-electron chi connectivity index (χ2n) is 8.99. The summed E-state index contributed by atoms with van der Waals surface area (Å²) in [6.45, 7) is 2.79. The summed E-state index contributed by atoms with van der Waals surface area (Å²) in [5, 5.41) is 0. The molecule has 0 amide bonds. The van der Waals surface area contributed by atoms with Gasteiger partial charge in [0.2, 0.25) is 0 Å². The van der Waals surface area contributed by atoms with Crippen LogP contribution in [0.15, 0.2) is 97.6 Å². The van der Waals surface area contributed by atoms with E-state index in [9.17, 15) is 9.59 Å². The highest BCUT2D eigenvalue weighted by molar-refractivity contribution is 5.69. The fourth-order valence-corrected chi connectivity index (χ4v) is 5.43. The van der Waals surface area contributed by atoms with E-state index >= 15 is 0 Å². The van der Waals surface area contributed by atoms with E-state index in [0.717, 1.165) is 11.1 Å². The van der Waals surface area contributed by atoms with E-state index in [-0.39, 0.29) is 35.6 Å². The second-order valence-corrected chi connectivity index (χ2v) is 8.99. The van der Waals surface area contributed by atoms with E-state index < -0.39 is 0 Å². The summed E-state index contributed by atoms with van der Waals surface area (Å²) >= 11 is 0. The molecule has 1 fully saturated rings. The number of pyridine rings is 2. The normalized spacial score (nSPS) is 20.7. The lowest BCUT2D eigenvalue weighted by Gasteiger charge is -2.53. The van der Waals surface area contributed by atoms with Crippen LogP contribution in [-0.4, -0.2) is 21.9 Å². The Balaban J connectivity index is 1.59. The Kier molecular flexibility index (Phi) is 6.58. The predicted molar refractivity (Wildman–Crippen MR) is 135 cm³/mol. The van der Waals surface area contributed by atoms with Gasteiger partial charge in [0.1, 0.15) is 11.5 Å². The van der Waals surface area contributed by atoms with Gasteiger partial charge in [0.15, 0.2) is 0 Å². The lowest BCUT2D eigenvalue weighted by molar-refractivity contribution is -0.132. The first-order valence-electron chi connectivity index (χ1n) is 11.9. The van der Waals surface area contributed by atoms with Gasteiger partial charge in [-0.3, -0.25) is 19.6 Å². The molecule has 6 nitrogen and oxygen atoms in total. The third-order valence-electron chi connectivity index (χ3n) is 6.78. The number of carbonyl (C=O) groups excluding carboxylic acids is 2. The maximum atomic E-state index is 11.4. The summed E-state index contributed by atoms with van der Waals surface area (Å²) in [6, 6.07) is 23.9. The molecular formula is C30H26N2O4. The first kappa shape index (κ1) is 23.4. The van der Waals surface area contributed by atoms with Crippen LogP contribution in [0.3, 0.4) is 0 Å². The summed E-state index contributed by atoms with van der Waals surface area (Å²) in [5.41, 5.74) is 4.75. The average molecular weight is 479 g/mol. The van der Waals surface area contributed by atoms with Gasteiger partial charge in [-0.05, 0) is 94.5 Å². The van der Waals surface area contributed by atoms with Gasteiger partial charge in [-0.25, -0.2) is 0 Å². The van der Waals surface area contributed by atoms with Crippen molar-refractivity contribution in [1.29, 1.82) is 0 Å². The molecule has 4 atom stereocenters. The average Bonchev–Trinajstić information content (AvgIpc) is 2.86. The number of ether oxygens (including phenoxy) is 2. The molecule has 0 aliphatic heterocycles. The van der Waals surface area contributed by atoms with Gasteiger partial charge in [0, 0.05) is 38.6 Å². The standard InChI is InChI=1S/C30H26N2O4/c1-19(33)35-25-7-3-21(4-8-25)27-28(22-5-9-26(10-6-22)36-20(2)34)30(24-13-17-32-18-14-24)29(27)23-11-15-31-16-12-23/h3-18,27-30H,1-2H3/t27-,28+,29+,30-. The van der Waals surface area contributed by atoms with E-state index in [1.165, 1.54) is 25.0 Å². The Bertz CT molecular complexity index is 1230. The number of benzene rings is 2. The van der Waals surface area contributed by atoms with Crippen molar-refractivity contribution in [2.24, 2.45) is 0 Å². The fraction of sp³-hybridized carbons (Fsp3) is 0.200. The molecule has 0 radical (unpaired) electrons. The monoisotopic (exact) mass is 478 g/mol. The van der Waals surface area contributed by atoms with Gasteiger partial charge in [0.05, 0.1) is 0 Å². The molecule has 0 saturated heterocycles. The highest BCUT2D eigenvalue weighted by Gasteiger charge is 2.52. The summed E-state index contributed by atoms with van der Waals surface area (Å²) in [6.07, 6.45) is 7.34. The van der Waals surface area contributed by atoms with E-state index in [0.29, 0.717) is 11.5 Å². The van der Waals surface area contributed by atoms with Gasteiger partial charge in [0.25, 0.3) is 0 Å². The van der Waals surface area contributed by atoms with E-state index in [1.54, 1.807) is 0 Å². The zero-order valence-corrected chi connectivity index (χ0v) is 20.1. The van der Waals surface area contributed by atoms with Crippen molar-refractivity contribution < 1.29 is 19.1 Å². The number of hydrogen-bond acceptors (Lipinski definition) is 6. The molecule has 0 bridgehead atoms. The number of esters is 2. The topological polar surface area (TPSA) is 78.4 Å². The predicted octanol–water partition coefficient (Wildman–Crippen LogP) is 5.78. The van der Waals surface area contributed by atoms with Crippen LogP contribution in [0, 0.1) is 0 Å². The maximum absolute atomic E-state index is 11.4. The molecule has 6 heteroatoms. The third-order valence-corrected chi connectivity index (χ3v) is 6.78. The van der Waals surface area contributed by atoms with E-state index in [2.05, 4.69) is 34.2 Å². The first-order chi connectivity index (χ1) is 17.5. The smallest absolute Gasteiger partial charge is 0.308 e. The van der Waals surface area contributed by atoms with Crippen molar-refractivity contribution in [2.45, 2.75) is 37.5 Å². The van der Waals surface area contributed by atoms with Crippen LogP contribution >= 0.6 is 0 Å². The lowest BCUT2D eigenvalue weighted by Crippen LogP contribution is -2.40. The molecule has 2 aromatic carbocycles. The zero-order valence-electron chi connectivity index (χ0n) is 20.1. The van der Waals surface area contributed by atoms with Crippen molar-refractivity contribution in [3.8, 4) is 11.5 Å². The largest absolute Gasteiger partial charge is 0.427 e. The highest BCUT2D eigenvalue weighted by Crippen LogP contribution is 2.66. The molecule has 4 aromatic rings. The van der Waals surface area contributed by atoms with Crippen LogP contribution in [0.1, 0.15) is 59.8 Å². The van der Waals surface area contributed by atoms with Crippen LogP contribution in [0.4, 0.5) is 0 Å². The maximum Gasteiger partial charge on any atom is 0.308 e. The molecule has 1 aliphatic carbocycles. The summed E-state index contributed by atoms with van der Waals surface area (Å²) < 4.78 is 10.5. The molecule has 0 unspecified atom stereocenters. The molecule has 0 N–H and O–H groups in total. The number of hydrogen-bond donors (Lipinski definition) is 0. The van der Waals surface area contributed by atoms with Gasteiger partial charge >= 0.3 is 11.9 Å². The molecule has 36 heavy (non-hydrogen) atoms. The minimum absolute atomic E-state index is 0.163. The summed E-state index contributed by atoms with van der Waals surface area (Å²) in [5.74, 6) is 1.10. The summed E-state index contributed by atoms with van der Waals surface area (Å²) in [4.78, 5) is 31.3. The lowest BCUT2D eigenvalue weighted by atomic mass is 9.49. The number of carbonyl (C=O) groups is 2. The highest BCUT2D eigenvalue weighted by atomic mass is 16.5. The molecular weight excluding hydrogens is 452 g/mol. The minimum Gasteiger partial charge on any atom is -0.427 e. The Morgan fingerprint density at radius 2 is 0.778 bits per heavy atom. The molecule has 1 aliphatic rings. The Labute approximate surface area is 210 Å². The minimum atomic E-state index is -0.343. The number of nitrogens with zero attached hydrogens (tertiary/aromatic N) is 2. The van der Waals surface area contributed by atoms with Crippen molar-refractivity contribution in [3.05, 3.63) is 120 Å². The van der Waals surface area contributed by atoms with Crippen LogP contribution in [0.25, 0.3) is 0 Å². The first-order valence-corrected chi connectivity index (χ1v) is 11.9. The number of aromatic nitrogens is 2. The van der Waals surface area contributed by atoms with Crippen LogP contribution in [0.2, 0.25) is 0 Å². The molecule has 2 aromatic heterocycles. The second kappa shape index (κ2) is 10.1. The van der Waals surface area contributed by atoms with Crippen molar-refractivity contribution >= 4 is 11.9 Å². The van der Waals surface area contributed by atoms with Gasteiger partial charge < -0.3 is 9.47 Å². The van der Waals surface area contributed by atoms with Crippen LogP contribution < -0.4 is 9.47 Å². The van der Waals surface area contributed by atoms with Crippen molar-refractivity contribution in [2.75, 3.05) is 0 Å². The Morgan fingerprint density at radius 1 is 0.500 bits per heavy atom. The molecule has 0 spiro atoms. The molecule has 180 valence electrons. The van der Waals surface area contributed by atoms with Gasteiger partial charge in [-0.1, -0.05) is 24.3 Å².